The summed E-state index contributed by atoms with van der Waals surface area (Å²) in [7, 11) is 0. The maximum atomic E-state index is 12.0. The Labute approximate surface area is 150 Å². The van der Waals surface area contributed by atoms with Crippen LogP contribution in [0.1, 0.15) is 76.7 Å². The molecule has 0 heterocycles. The molecule has 0 amide bonds. The smallest absolute Gasteiger partial charge is 0.311 e. The van der Waals surface area contributed by atoms with Crippen molar-refractivity contribution in [3.63, 3.8) is 0 Å². The van der Waals surface area contributed by atoms with Crippen molar-refractivity contribution in [2.45, 2.75) is 71.1 Å². The molecule has 0 radical (unpaired) electrons. The van der Waals surface area contributed by atoms with E-state index in [0.29, 0.717) is 30.6 Å². The van der Waals surface area contributed by atoms with Crippen LogP contribution in [0.2, 0.25) is 0 Å². The van der Waals surface area contributed by atoms with Crippen molar-refractivity contribution in [3.05, 3.63) is 29.8 Å². The zero-order valence-electron chi connectivity index (χ0n) is 15.5. The van der Waals surface area contributed by atoms with E-state index in [2.05, 4.69) is 13.8 Å². The number of esters is 2. The molecule has 0 bridgehead atoms. The van der Waals surface area contributed by atoms with E-state index in [9.17, 15) is 9.59 Å². The highest BCUT2D eigenvalue weighted by Crippen LogP contribution is 2.26. The van der Waals surface area contributed by atoms with Crippen molar-refractivity contribution in [2.75, 3.05) is 6.61 Å². The third-order valence-corrected chi connectivity index (χ3v) is 4.73. The van der Waals surface area contributed by atoms with Crippen LogP contribution in [0.15, 0.2) is 24.3 Å². The van der Waals surface area contributed by atoms with Gasteiger partial charge in [-0.05, 0) is 42.7 Å². The summed E-state index contributed by atoms with van der Waals surface area (Å²) < 4.78 is 10.8. The predicted octanol–water partition coefficient (Wildman–Crippen LogP) is 5.01. The summed E-state index contributed by atoms with van der Waals surface area (Å²) in [6, 6.07) is 7.58. The Bertz CT molecular complexity index is 559. The zero-order chi connectivity index (χ0) is 18.1. The summed E-state index contributed by atoms with van der Waals surface area (Å²) in [5.41, 5.74) is 1.02. The van der Waals surface area contributed by atoms with E-state index in [1.54, 1.807) is 0 Å². The molecule has 0 unspecified atom stereocenters. The van der Waals surface area contributed by atoms with Crippen LogP contribution in [-0.2, 0) is 14.3 Å². The number of para-hydroxylation sites is 1. The lowest BCUT2D eigenvalue weighted by molar-refractivity contribution is -0.145. The lowest BCUT2D eigenvalue weighted by Gasteiger charge is -2.20. The average molecular weight is 346 g/mol. The molecule has 0 spiro atoms. The van der Waals surface area contributed by atoms with Crippen molar-refractivity contribution in [3.8, 4) is 5.75 Å². The van der Waals surface area contributed by atoms with Gasteiger partial charge < -0.3 is 9.47 Å². The molecule has 0 aliphatic heterocycles. The minimum Gasteiger partial charge on any atom is -0.465 e. The molecule has 138 valence electrons. The molecule has 1 aliphatic rings. The first kappa shape index (κ1) is 19.5. The van der Waals surface area contributed by atoms with Gasteiger partial charge in [-0.2, -0.15) is 0 Å². The van der Waals surface area contributed by atoms with Crippen molar-refractivity contribution in [2.24, 2.45) is 5.92 Å². The lowest BCUT2D eigenvalue weighted by atomic mass is 9.90. The van der Waals surface area contributed by atoms with Gasteiger partial charge in [0.2, 0.25) is 0 Å². The molecular formula is C21H30O4. The van der Waals surface area contributed by atoms with Crippen LogP contribution in [0.5, 0.6) is 5.75 Å². The summed E-state index contributed by atoms with van der Waals surface area (Å²) in [5.74, 6) is 0.922. The minimum atomic E-state index is -0.298. The van der Waals surface area contributed by atoms with E-state index >= 15 is 0 Å². The first-order valence-electron chi connectivity index (χ1n) is 9.51. The van der Waals surface area contributed by atoms with Crippen molar-refractivity contribution < 1.29 is 19.1 Å². The van der Waals surface area contributed by atoms with Gasteiger partial charge in [0.25, 0.3) is 0 Å². The van der Waals surface area contributed by atoms with Crippen LogP contribution < -0.4 is 4.74 Å². The van der Waals surface area contributed by atoms with Gasteiger partial charge in [0.1, 0.15) is 5.75 Å². The molecule has 4 nitrogen and oxygen atoms in total. The normalized spacial score (nSPS) is 15.2. The number of ether oxygens (including phenoxy) is 2. The second-order valence-corrected chi connectivity index (χ2v) is 7.21. The molecule has 0 aromatic heterocycles. The Hall–Kier alpha value is -1.84. The topological polar surface area (TPSA) is 52.6 Å². The van der Waals surface area contributed by atoms with Gasteiger partial charge >= 0.3 is 11.9 Å². The van der Waals surface area contributed by atoms with E-state index in [-0.39, 0.29) is 24.8 Å². The molecule has 0 atom stereocenters. The van der Waals surface area contributed by atoms with Gasteiger partial charge in [0.15, 0.2) is 0 Å². The Kier molecular flexibility index (Phi) is 7.96. The average Bonchev–Trinajstić information content (AvgIpc) is 2.61. The van der Waals surface area contributed by atoms with Gasteiger partial charge in [0.05, 0.1) is 6.61 Å². The fourth-order valence-electron chi connectivity index (χ4n) is 3.24. The number of hydrogen-bond acceptors (Lipinski definition) is 4. The van der Waals surface area contributed by atoms with E-state index in [1.165, 1.54) is 19.3 Å². The molecule has 25 heavy (non-hydrogen) atoms. The summed E-state index contributed by atoms with van der Waals surface area (Å²) in [4.78, 5) is 23.8. The van der Waals surface area contributed by atoms with E-state index < -0.39 is 0 Å². The molecule has 1 saturated carbocycles. The molecule has 4 heteroatoms. The fraction of sp³-hybridized carbons (Fsp3) is 0.619. The van der Waals surface area contributed by atoms with E-state index in [4.69, 9.17) is 9.47 Å². The van der Waals surface area contributed by atoms with Crippen LogP contribution in [0.25, 0.3) is 0 Å². The third-order valence-electron chi connectivity index (χ3n) is 4.73. The van der Waals surface area contributed by atoms with Crippen molar-refractivity contribution in [1.29, 1.82) is 0 Å². The minimum absolute atomic E-state index is 0.207. The highest BCUT2D eigenvalue weighted by atomic mass is 16.5. The van der Waals surface area contributed by atoms with Gasteiger partial charge in [-0.25, -0.2) is 0 Å². The summed E-state index contributed by atoms with van der Waals surface area (Å²) in [6.07, 6.45) is 7.07. The predicted molar refractivity (Wildman–Crippen MR) is 97.6 cm³/mol. The quantitative estimate of drug-likeness (QED) is 0.490. The molecule has 0 saturated heterocycles. The molecule has 1 fully saturated rings. The van der Waals surface area contributed by atoms with Crippen LogP contribution in [-0.4, -0.2) is 18.5 Å². The molecule has 0 N–H and O–H groups in total. The van der Waals surface area contributed by atoms with Crippen LogP contribution in [0.4, 0.5) is 0 Å². The van der Waals surface area contributed by atoms with Crippen LogP contribution in [0, 0.1) is 5.92 Å². The Morgan fingerprint density at radius 1 is 1.04 bits per heavy atom. The molecule has 1 aliphatic carbocycles. The van der Waals surface area contributed by atoms with Gasteiger partial charge in [-0.3, -0.25) is 9.59 Å². The summed E-state index contributed by atoms with van der Waals surface area (Å²) in [6.45, 7) is 4.66. The number of carbonyl (C=O) groups is 2. The summed E-state index contributed by atoms with van der Waals surface area (Å²) >= 11 is 0. The standard InChI is InChI=1S/C21H30O4/c1-16(2)18-11-6-7-12-19(18)25-21(23)14-8-13-20(22)24-15-17-9-4-3-5-10-17/h6-7,11-12,16-17H,3-5,8-10,13-15H2,1-2H3. The number of benzene rings is 1. The number of carbonyl (C=O) groups excluding carboxylic acids is 2. The monoisotopic (exact) mass is 346 g/mol. The first-order chi connectivity index (χ1) is 12.1. The van der Waals surface area contributed by atoms with Gasteiger partial charge in [-0.15, -0.1) is 0 Å². The zero-order valence-corrected chi connectivity index (χ0v) is 15.5. The molecule has 1 aromatic rings. The van der Waals surface area contributed by atoms with Gasteiger partial charge in [-0.1, -0.05) is 51.3 Å². The number of rotatable bonds is 8. The summed E-state index contributed by atoms with van der Waals surface area (Å²) in [5, 5.41) is 0. The van der Waals surface area contributed by atoms with Crippen molar-refractivity contribution in [1.82, 2.24) is 0 Å². The van der Waals surface area contributed by atoms with Crippen LogP contribution >= 0.6 is 0 Å². The second kappa shape index (κ2) is 10.2. The SMILES string of the molecule is CC(C)c1ccccc1OC(=O)CCCC(=O)OCC1CCCCC1. The first-order valence-corrected chi connectivity index (χ1v) is 9.51. The second-order valence-electron chi connectivity index (χ2n) is 7.21. The Morgan fingerprint density at radius 2 is 1.72 bits per heavy atom. The van der Waals surface area contributed by atoms with Gasteiger partial charge in [0, 0.05) is 12.8 Å². The lowest BCUT2D eigenvalue weighted by Crippen LogP contribution is -2.17. The Morgan fingerprint density at radius 3 is 2.44 bits per heavy atom. The van der Waals surface area contributed by atoms with E-state index in [1.807, 2.05) is 24.3 Å². The molecule has 2 rings (SSSR count). The highest BCUT2D eigenvalue weighted by molar-refractivity contribution is 5.74. The largest absolute Gasteiger partial charge is 0.465 e. The highest BCUT2D eigenvalue weighted by Gasteiger charge is 2.16. The number of hydrogen-bond donors (Lipinski definition) is 0. The fourth-order valence-corrected chi connectivity index (χ4v) is 3.24. The molecule has 1 aromatic carbocycles. The Balaban J connectivity index is 1.65. The maximum absolute atomic E-state index is 12.0. The molecular weight excluding hydrogens is 316 g/mol. The maximum Gasteiger partial charge on any atom is 0.311 e. The van der Waals surface area contributed by atoms with E-state index in [0.717, 1.165) is 18.4 Å². The van der Waals surface area contributed by atoms with Crippen molar-refractivity contribution >= 4 is 11.9 Å². The van der Waals surface area contributed by atoms with Crippen LogP contribution in [0.3, 0.4) is 0 Å². The third kappa shape index (κ3) is 6.89.